The SMILES string of the molecule is N#CC(C(=O)CC1CCCCCC1)c1ccc(Cl)cc1Cl. The zero-order valence-corrected chi connectivity index (χ0v) is 13.5. The lowest BCUT2D eigenvalue weighted by Gasteiger charge is -2.16. The summed E-state index contributed by atoms with van der Waals surface area (Å²) in [6.45, 7) is 0. The molecule has 0 radical (unpaired) electrons. The van der Waals surface area contributed by atoms with E-state index in [1.54, 1.807) is 18.2 Å². The highest BCUT2D eigenvalue weighted by molar-refractivity contribution is 6.35. The zero-order valence-electron chi connectivity index (χ0n) is 11.9. The Balaban J connectivity index is 2.09. The number of rotatable bonds is 4. The highest BCUT2D eigenvalue weighted by Gasteiger charge is 2.25. The Morgan fingerprint density at radius 2 is 1.90 bits per heavy atom. The van der Waals surface area contributed by atoms with Crippen molar-refractivity contribution in [2.45, 2.75) is 50.9 Å². The Hall–Kier alpha value is -1.04. The molecule has 0 spiro atoms. The van der Waals surface area contributed by atoms with E-state index in [1.807, 2.05) is 0 Å². The van der Waals surface area contributed by atoms with Gasteiger partial charge in [0.15, 0.2) is 5.78 Å². The van der Waals surface area contributed by atoms with Crippen LogP contribution in [0.25, 0.3) is 0 Å². The third-order valence-electron chi connectivity index (χ3n) is 4.19. The van der Waals surface area contributed by atoms with E-state index in [0.717, 1.165) is 12.8 Å². The standard InChI is InChI=1S/C17H19Cl2NO/c18-13-7-8-14(16(19)10-13)15(11-20)17(21)9-12-5-3-1-2-4-6-12/h7-8,10,12,15H,1-6,9H2. The third-order valence-corrected chi connectivity index (χ3v) is 4.75. The third kappa shape index (κ3) is 4.46. The number of nitrogens with zero attached hydrogens (tertiary/aromatic N) is 1. The van der Waals surface area contributed by atoms with Crippen LogP contribution in [-0.4, -0.2) is 5.78 Å². The first-order chi connectivity index (χ1) is 10.1. The molecule has 1 aliphatic carbocycles. The molecule has 1 fully saturated rings. The number of benzene rings is 1. The van der Waals surface area contributed by atoms with Gasteiger partial charge in [0.05, 0.1) is 6.07 Å². The molecule has 0 aromatic heterocycles. The fraction of sp³-hybridized carbons (Fsp3) is 0.529. The summed E-state index contributed by atoms with van der Waals surface area (Å²) in [5.41, 5.74) is 0.571. The molecule has 4 heteroatoms. The van der Waals surface area contributed by atoms with E-state index in [-0.39, 0.29) is 5.78 Å². The second kappa shape index (κ2) is 7.82. The maximum Gasteiger partial charge on any atom is 0.154 e. The van der Waals surface area contributed by atoms with Crippen molar-refractivity contribution >= 4 is 29.0 Å². The van der Waals surface area contributed by atoms with Gasteiger partial charge in [-0.3, -0.25) is 4.79 Å². The minimum absolute atomic E-state index is 0.0198. The van der Waals surface area contributed by atoms with Gasteiger partial charge in [-0.05, 0) is 23.6 Å². The smallest absolute Gasteiger partial charge is 0.154 e. The van der Waals surface area contributed by atoms with Crippen molar-refractivity contribution in [1.82, 2.24) is 0 Å². The zero-order chi connectivity index (χ0) is 15.2. The van der Waals surface area contributed by atoms with Crippen LogP contribution in [0.1, 0.15) is 56.4 Å². The summed E-state index contributed by atoms with van der Waals surface area (Å²) in [7, 11) is 0. The summed E-state index contributed by atoms with van der Waals surface area (Å²) in [5.74, 6) is -0.381. The van der Waals surface area contributed by atoms with E-state index in [4.69, 9.17) is 23.2 Å². The van der Waals surface area contributed by atoms with Gasteiger partial charge in [0.25, 0.3) is 0 Å². The van der Waals surface area contributed by atoms with Gasteiger partial charge in [-0.25, -0.2) is 0 Å². The molecule has 1 unspecified atom stereocenters. The Bertz CT molecular complexity index is 542. The van der Waals surface area contributed by atoms with Crippen LogP contribution < -0.4 is 0 Å². The van der Waals surface area contributed by atoms with Crippen LogP contribution in [0, 0.1) is 17.2 Å². The van der Waals surface area contributed by atoms with Crippen LogP contribution in [0.5, 0.6) is 0 Å². The number of Topliss-reactive ketones (excluding diaryl/α,β-unsaturated/α-hetero) is 1. The molecule has 2 nitrogen and oxygen atoms in total. The van der Waals surface area contributed by atoms with Crippen molar-refractivity contribution in [3.8, 4) is 6.07 Å². The summed E-state index contributed by atoms with van der Waals surface area (Å²) in [5, 5.41) is 10.3. The van der Waals surface area contributed by atoms with E-state index in [2.05, 4.69) is 6.07 Å². The molecule has 0 N–H and O–H groups in total. The van der Waals surface area contributed by atoms with E-state index < -0.39 is 5.92 Å². The normalized spacial score (nSPS) is 17.8. The van der Waals surface area contributed by atoms with E-state index in [0.29, 0.717) is 27.9 Å². The van der Waals surface area contributed by atoms with Crippen molar-refractivity contribution in [1.29, 1.82) is 5.26 Å². The predicted octanol–water partition coefficient (Wildman–Crippen LogP) is 5.53. The monoisotopic (exact) mass is 323 g/mol. The predicted molar refractivity (Wildman–Crippen MR) is 85.6 cm³/mol. The number of hydrogen-bond acceptors (Lipinski definition) is 2. The first-order valence-electron chi connectivity index (χ1n) is 7.49. The van der Waals surface area contributed by atoms with Crippen LogP contribution in [0.2, 0.25) is 10.0 Å². The fourth-order valence-corrected chi connectivity index (χ4v) is 3.54. The largest absolute Gasteiger partial charge is 0.298 e. The van der Waals surface area contributed by atoms with Gasteiger partial charge in [-0.1, -0.05) is 67.8 Å². The number of ketones is 1. The second-order valence-corrected chi connectivity index (χ2v) is 6.60. The quantitative estimate of drug-likeness (QED) is 0.683. The van der Waals surface area contributed by atoms with Crippen molar-refractivity contribution in [3.63, 3.8) is 0 Å². The molecule has 0 aliphatic heterocycles. The number of carbonyl (C=O) groups is 1. The van der Waals surface area contributed by atoms with Gasteiger partial charge in [0, 0.05) is 16.5 Å². The highest BCUT2D eigenvalue weighted by Crippen LogP contribution is 2.32. The Morgan fingerprint density at radius 3 is 2.48 bits per heavy atom. The van der Waals surface area contributed by atoms with Gasteiger partial charge in [0.2, 0.25) is 0 Å². The summed E-state index contributed by atoms with van der Waals surface area (Å²) >= 11 is 12.0. The van der Waals surface area contributed by atoms with E-state index in [1.165, 1.54) is 25.7 Å². The van der Waals surface area contributed by atoms with Crippen LogP contribution >= 0.6 is 23.2 Å². The average Bonchev–Trinajstić information content (AvgIpc) is 2.70. The van der Waals surface area contributed by atoms with Crippen molar-refractivity contribution in [2.75, 3.05) is 0 Å². The average molecular weight is 324 g/mol. The molecule has 1 aromatic rings. The lowest BCUT2D eigenvalue weighted by Crippen LogP contribution is -2.16. The topological polar surface area (TPSA) is 40.9 Å². The Labute approximate surface area is 136 Å². The lowest BCUT2D eigenvalue weighted by atomic mass is 9.87. The van der Waals surface area contributed by atoms with Crippen LogP contribution in [0.4, 0.5) is 0 Å². The maximum absolute atomic E-state index is 12.5. The summed E-state index contributed by atoms with van der Waals surface area (Å²) in [6.07, 6.45) is 7.58. The summed E-state index contributed by atoms with van der Waals surface area (Å²) in [6, 6.07) is 7.05. The molecule has 1 atom stereocenters. The second-order valence-electron chi connectivity index (χ2n) is 5.76. The van der Waals surface area contributed by atoms with Crippen molar-refractivity contribution in [2.24, 2.45) is 5.92 Å². The summed E-state index contributed by atoms with van der Waals surface area (Å²) < 4.78 is 0. The molecule has 1 saturated carbocycles. The molecule has 21 heavy (non-hydrogen) atoms. The fourth-order valence-electron chi connectivity index (χ4n) is 3.02. The molecule has 1 aromatic carbocycles. The van der Waals surface area contributed by atoms with Crippen molar-refractivity contribution in [3.05, 3.63) is 33.8 Å². The van der Waals surface area contributed by atoms with Gasteiger partial charge >= 0.3 is 0 Å². The van der Waals surface area contributed by atoms with Gasteiger partial charge in [-0.15, -0.1) is 0 Å². The van der Waals surface area contributed by atoms with Crippen molar-refractivity contribution < 1.29 is 4.79 Å². The Morgan fingerprint density at radius 1 is 1.24 bits per heavy atom. The minimum Gasteiger partial charge on any atom is -0.298 e. The molecule has 0 amide bonds. The lowest BCUT2D eigenvalue weighted by molar-refractivity contribution is -0.120. The van der Waals surface area contributed by atoms with E-state index >= 15 is 0 Å². The van der Waals surface area contributed by atoms with Gasteiger partial charge < -0.3 is 0 Å². The number of hydrogen-bond donors (Lipinski definition) is 0. The minimum atomic E-state index is -0.780. The molecule has 0 bridgehead atoms. The molecule has 1 aliphatic rings. The van der Waals surface area contributed by atoms with Gasteiger partial charge in [-0.2, -0.15) is 5.26 Å². The summed E-state index contributed by atoms with van der Waals surface area (Å²) in [4.78, 5) is 12.5. The van der Waals surface area contributed by atoms with Gasteiger partial charge in [0.1, 0.15) is 5.92 Å². The maximum atomic E-state index is 12.5. The number of nitriles is 1. The first kappa shape index (κ1) is 16.3. The molecular formula is C17H19Cl2NO. The van der Waals surface area contributed by atoms with Crippen LogP contribution in [0.3, 0.4) is 0 Å². The molecule has 2 rings (SSSR count). The molecule has 112 valence electrons. The number of carbonyl (C=O) groups excluding carboxylic acids is 1. The molecular weight excluding hydrogens is 305 g/mol. The highest BCUT2D eigenvalue weighted by atomic mass is 35.5. The molecule has 0 saturated heterocycles. The van der Waals surface area contributed by atoms with Crippen LogP contribution in [-0.2, 0) is 4.79 Å². The number of halogens is 2. The molecule has 0 heterocycles. The first-order valence-corrected chi connectivity index (χ1v) is 8.24. The van der Waals surface area contributed by atoms with Crippen LogP contribution in [0.15, 0.2) is 18.2 Å². The van der Waals surface area contributed by atoms with E-state index in [9.17, 15) is 10.1 Å². The Kier molecular flexibility index (Phi) is 6.08.